The van der Waals surface area contributed by atoms with E-state index < -0.39 is 0 Å². The zero-order valence-corrected chi connectivity index (χ0v) is 12.0. The van der Waals surface area contributed by atoms with Crippen LogP contribution >= 0.6 is 22.9 Å². The van der Waals surface area contributed by atoms with Gasteiger partial charge >= 0.3 is 0 Å². The maximum Gasteiger partial charge on any atom is 0.106 e. The minimum atomic E-state index is 0.555. The fourth-order valence-electron chi connectivity index (χ4n) is 2.82. The number of thiazole rings is 1. The topological polar surface area (TPSA) is 24.9 Å². The quantitative estimate of drug-likeness (QED) is 0.861. The van der Waals surface area contributed by atoms with Crippen LogP contribution in [-0.2, 0) is 0 Å². The fraction of sp³-hybridized carbons (Fsp3) is 0.500. The molecule has 2 atom stereocenters. The van der Waals surface area contributed by atoms with Crippen molar-refractivity contribution in [3.8, 4) is 0 Å². The van der Waals surface area contributed by atoms with E-state index in [-0.39, 0.29) is 0 Å². The summed E-state index contributed by atoms with van der Waals surface area (Å²) in [6.07, 6.45) is 5.12. The number of nitrogens with zero attached hydrogens (tertiary/aromatic N) is 1. The van der Waals surface area contributed by atoms with Gasteiger partial charge in [-0.05, 0) is 37.3 Å². The molecule has 2 aromatic rings. The van der Waals surface area contributed by atoms with Crippen molar-refractivity contribution in [3.63, 3.8) is 0 Å². The van der Waals surface area contributed by atoms with Crippen LogP contribution in [0.2, 0.25) is 5.02 Å². The number of aromatic nitrogens is 1. The molecule has 18 heavy (non-hydrogen) atoms. The van der Waals surface area contributed by atoms with Gasteiger partial charge in [-0.25, -0.2) is 4.98 Å². The molecule has 1 heterocycles. The van der Waals surface area contributed by atoms with Crippen LogP contribution in [0, 0.1) is 5.92 Å². The molecule has 0 saturated heterocycles. The average molecular weight is 281 g/mol. The van der Waals surface area contributed by atoms with Crippen LogP contribution in [0.3, 0.4) is 0 Å². The van der Waals surface area contributed by atoms with Gasteiger partial charge in [-0.2, -0.15) is 0 Å². The molecule has 3 rings (SSSR count). The van der Waals surface area contributed by atoms with Gasteiger partial charge in [0, 0.05) is 6.04 Å². The normalized spacial score (nSPS) is 23.7. The van der Waals surface area contributed by atoms with Gasteiger partial charge in [0.25, 0.3) is 0 Å². The number of anilines is 1. The summed E-state index contributed by atoms with van der Waals surface area (Å²) < 4.78 is 1.20. The van der Waals surface area contributed by atoms with Gasteiger partial charge in [0.05, 0.1) is 20.9 Å². The Balaban J connectivity index is 1.86. The minimum Gasteiger partial charge on any atom is -0.379 e. The molecule has 2 unspecified atom stereocenters. The lowest BCUT2D eigenvalue weighted by molar-refractivity contribution is 0.525. The molecule has 1 aromatic heterocycles. The molecule has 1 fully saturated rings. The first-order valence-electron chi connectivity index (χ1n) is 6.56. The van der Waals surface area contributed by atoms with Gasteiger partial charge in [0.2, 0.25) is 0 Å². The summed E-state index contributed by atoms with van der Waals surface area (Å²) in [6, 6.07) is 4.57. The Morgan fingerprint density at radius 1 is 1.44 bits per heavy atom. The molecule has 0 bridgehead atoms. The molecule has 1 N–H and O–H groups in total. The second-order valence-electron chi connectivity index (χ2n) is 5.05. The first-order chi connectivity index (χ1) is 8.78. The Labute approximate surface area is 116 Å². The summed E-state index contributed by atoms with van der Waals surface area (Å²) in [4.78, 5) is 4.43. The van der Waals surface area contributed by atoms with Crippen molar-refractivity contribution in [1.29, 1.82) is 0 Å². The van der Waals surface area contributed by atoms with Crippen molar-refractivity contribution in [2.45, 2.75) is 38.6 Å². The number of benzene rings is 1. The maximum absolute atomic E-state index is 6.31. The summed E-state index contributed by atoms with van der Waals surface area (Å²) in [6.45, 7) is 2.28. The number of rotatable bonds is 3. The lowest BCUT2D eigenvalue weighted by Gasteiger charge is -2.16. The Morgan fingerprint density at radius 3 is 3.11 bits per heavy atom. The molecular weight excluding hydrogens is 264 g/mol. The predicted octanol–water partition coefficient (Wildman–Crippen LogP) is 4.94. The zero-order valence-electron chi connectivity index (χ0n) is 10.4. The van der Waals surface area contributed by atoms with E-state index in [9.17, 15) is 0 Å². The SMILES string of the molecule is CCC1CCC(Nc2c(Cl)ccc3scnc23)C1. The number of fused-ring (bicyclic) bond motifs is 1. The van der Waals surface area contributed by atoms with E-state index in [1.165, 1.54) is 30.4 Å². The largest absolute Gasteiger partial charge is 0.379 e. The average Bonchev–Trinajstić information content (AvgIpc) is 3.01. The highest BCUT2D eigenvalue weighted by Gasteiger charge is 2.24. The summed E-state index contributed by atoms with van der Waals surface area (Å²) >= 11 is 7.97. The van der Waals surface area contributed by atoms with Gasteiger partial charge in [0.1, 0.15) is 5.52 Å². The smallest absolute Gasteiger partial charge is 0.106 e. The van der Waals surface area contributed by atoms with Crippen molar-refractivity contribution in [2.24, 2.45) is 5.92 Å². The first kappa shape index (κ1) is 12.2. The number of hydrogen-bond acceptors (Lipinski definition) is 3. The lowest BCUT2D eigenvalue weighted by Crippen LogP contribution is -2.16. The molecule has 96 valence electrons. The van der Waals surface area contributed by atoms with E-state index in [2.05, 4.69) is 17.2 Å². The van der Waals surface area contributed by atoms with E-state index in [1.54, 1.807) is 11.3 Å². The lowest BCUT2D eigenvalue weighted by atomic mass is 10.1. The molecule has 0 aliphatic heterocycles. The number of nitrogens with one attached hydrogen (secondary N) is 1. The van der Waals surface area contributed by atoms with Crippen LogP contribution in [0.15, 0.2) is 17.6 Å². The predicted molar refractivity (Wildman–Crippen MR) is 79.7 cm³/mol. The summed E-state index contributed by atoms with van der Waals surface area (Å²) in [7, 11) is 0. The van der Waals surface area contributed by atoms with Crippen LogP contribution in [-0.4, -0.2) is 11.0 Å². The number of hydrogen-bond donors (Lipinski definition) is 1. The zero-order chi connectivity index (χ0) is 12.5. The minimum absolute atomic E-state index is 0.555. The van der Waals surface area contributed by atoms with Crippen LogP contribution in [0.5, 0.6) is 0 Å². The van der Waals surface area contributed by atoms with E-state index in [0.29, 0.717) is 6.04 Å². The van der Waals surface area contributed by atoms with Crippen LogP contribution < -0.4 is 5.32 Å². The van der Waals surface area contributed by atoms with E-state index >= 15 is 0 Å². The van der Waals surface area contributed by atoms with Gasteiger partial charge in [-0.1, -0.05) is 24.9 Å². The van der Waals surface area contributed by atoms with Crippen molar-refractivity contribution in [2.75, 3.05) is 5.32 Å². The molecule has 4 heteroatoms. The summed E-state index contributed by atoms with van der Waals surface area (Å²) in [5.74, 6) is 0.871. The Kier molecular flexibility index (Phi) is 3.44. The van der Waals surface area contributed by atoms with Gasteiger partial charge < -0.3 is 5.32 Å². The standard InChI is InChI=1S/C14H17ClN2S/c1-2-9-3-4-10(7-9)17-13-11(15)5-6-12-14(13)16-8-18-12/h5-6,8-10,17H,2-4,7H2,1H3. The Bertz CT molecular complexity index is 552. The number of halogens is 1. The molecule has 0 spiro atoms. The van der Waals surface area contributed by atoms with Gasteiger partial charge in [-0.3, -0.25) is 0 Å². The summed E-state index contributed by atoms with van der Waals surface area (Å²) in [5.41, 5.74) is 3.93. The van der Waals surface area contributed by atoms with Crippen LogP contribution in [0.1, 0.15) is 32.6 Å². The third-order valence-electron chi connectivity index (χ3n) is 3.92. The van der Waals surface area contributed by atoms with Crippen LogP contribution in [0.4, 0.5) is 5.69 Å². The third-order valence-corrected chi connectivity index (χ3v) is 5.03. The highest BCUT2D eigenvalue weighted by atomic mass is 35.5. The first-order valence-corrected chi connectivity index (χ1v) is 7.82. The molecule has 0 radical (unpaired) electrons. The molecule has 1 aliphatic rings. The van der Waals surface area contributed by atoms with E-state index in [1.807, 2.05) is 17.6 Å². The van der Waals surface area contributed by atoms with Crippen molar-refractivity contribution >= 4 is 38.8 Å². The van der Waals surface area contributed by atoms with E-state index in [0.717, 1.165) is 22.1 Å². The third kappa shape index (κ3) is 2.21. The highest BCUT2D eigenvalue weighted by molar-refractivity contribution is 7.16. The Hall–Kier alpha value is -0.800. The molecule has 1 saturated carbocycles. The second kappa shape index (κ2) is 5.06. The van der Waals surface area contributed by atoms with Crippen molar-refractivity contribution < 1.29 is 0 Å². The Morgan fingerprint density at radius 2 is 2.33 bits per heavy atom. The molecule has 1 aliphatic carbocycles. The monoisotopic (exact) mass is 280 g/mol. The second-order valence-corrected chi connectivity index (χ2v) is 6.34. The van der Waals surface area contributed by atoms with Crippen LogP contribution in [0.25, 0.3) is 10.2 Å². The van der Waals surface area contributed by atoms with Crippen molar-refractivity contribution in [3.05, 3.63) is 22.7 Å². The molecular formula is C14H17ClN2S. The fourth-order valence-corrected chi connectivity index (χ4v) is 3.72. The van der Waals surface area contributed by atoms with Gasteiger partial charge in [-0.15, -0.1) is 11.3 Å². The van der Waals surface area contributed by atoms with Gasteiger partial charge in [0.15, 0.2) is 0 Å². The summed E-state index contributed by atoms with van der Waals surface area (Å²) in [5, 5.41) is 4.40. The van der Waals surface area contributed by atoms with E-state index in [4.69, 9.17) is 11.6 Å². The molecule has 0 amide bonds. The highest BCUT2D eigenvalue weighted by Crippen LogP contribution is 2.36. The molecule has 1 aromatic carbocycles. The van der Waals surface area contributed by atoms with Crippen molar-refractivity contribution in [1.82, 2.24) is 4.98 Å². The maximum atomic E-state index is 6.31. The molecule has 2 nitrogen and oxygen atoms in total.